The molecule has 0 aliphatic rings. The molecule has 0 aromatic heterocycles. The fourth-order valence-corrected chi connectivity index (χ4v) is 2.69. The lowest BCUT2D eigenvalue weighted by Gasteiger charge is -2.25. The van der Waals surface area contributed by atoms with E-state index in [-0.39, 0.29) is 5.91 Å². The molecule has 3 N–H and O–H groups in total. The monoisotopic (exact) mass is 290 g/mol. The summed E-state index contributed by atoms with van der Waals surface area (Å²) < 4.78 is 0. The molecule has 0 heterocycles. The number of hydrogen-bond acceptors (Lipinski definition) is 2. The van der Waals surface area contributed by atoms with Gasteiger partial charge in [-0.2, -0.15) is 0 Å². The van der Waals surface area contributed by atoms with Gasteiger partial charge in [0.1, 0.15) is 0 Å². The quantitative estimate of drug-likeness (QED) is 0.773. The van der Waals surface area contributed by atoms with Crippen molar-refractivity contribution in [1.82, 2.24) is 5.32 Å². The Labute approximate surface area is 129 Å². The average Bonchev–Trinajstić information content (AvgIpc) is 2.45. The number of nitrogens with one attached hydrogen (secondary N) is 1. The SMILES string of the molecule is CC(C)C(CNC(=O)[C@@H](N)CCc1ccccc1)C(C)C. The molecule has 0 saturated heterocycles. The third-order valence-electron chi connectivity index (χ3n) is 4.15. The van der Waals surface area contributed by atoms with Crippen molar-refractivity contribution >= 4 is 5.91 Å². The van der Waals surface area contributed by atoms with Crippen LogP contribution in [0.1, 0.15) is 39.7 Å². The second-order valence-electron chi connectivity index (χ2n) is 6.53. The first kappa shape index (κ1) is 17.7. The molecule has 1 rings (SSSR count). The van der Waals surface area contributed by atoms with E-state index in [9.17, 15) is 4.79 Å². The Kier molecular flexibility index (Phi) is 7.44. The molecule has 0 spiro atoms. The zero-order chi connectivity index (χ0) is 15.8. The van der Waals surface area contributed by atoms with Gasteiger partial charge in [0.25, 0.3) is 0 Å². The maximum atomic E-state index is 12.1. The van der Waals surface area contributed by atoms with E-state index in [1.54, 1.807) is 0 Å². The third kappa shape index (κ3) is 6.30. The molecule has 0 bridgehead atoms. The minimum absolute atomic E-state index is 0.0303. The van der Waals surface area contributed by atoms with Crippen LogP contribution in [0.25, 0.3) is 0 Å². The summed E-state index contributed by atoms with van der Waals surface area (Å²) in [6.45, 7) is 9.52. The normalized spacial score (nSPS) is 13.0. The molecular weight excluding hydrogens is 260 g/mol. The fraction of sp³-hybridized carbons (Fsp3) is 0.611. The largest absolute Gasteiger partial charge is 0.354 e. The molecule has 0 saturated carbocycles. The summed E-state index contributed by atoms with van der Waals surface area (Å²) in [6, 6.07) is 9.73. The van der Waals surface area contributed by atoms with Gasteiger partial charge in [-0.15, -0.1) is 0 Å². The molecule has 0 aliphatic carbocycles. The van der Waals surface area contributed by atoms with Crippen molar-refractivity contribution in [3.05, 3.63) is 35.9 Å². The minimum atomic E-state index is -0.426. The Morgan fingerprint density at radius 2 is 1.67 bits per heavy atom. The van der Waals surface area contributed by atoms with E-state index in [0.717, 1.165) is 6.42 Å². The molecule has 1 amide bonds. The van der Waals surface area contributed by atoms with Crippen molar-refractivity contribution in [3.8, 4) is 0 Å². The number of carbonyl (C=O) groups is 1. The molecule has 1 aromatic rings. The van der Waals surface area contributed by atoms with Crippen molar-refractivity contribution in [2.45, 2.75) is 46.6 Å². The standard InChI is InChI=1S/C18H30N2O/c1-13(2)16(14(3)4)12-20-18(21)17(19)11-10-15-8-6-5-7-9-15/h5-9,13-14,16-17H,10-12,19H2,1-4H3,(H,20,21)/t17-/m0/s1. The van der Waals surface area contributed by atoms with Crippen molar-refractivity contribution in [1.29, 1.82) is 0 Å². The third-order valence-corrected chi connectivity index (χ3v) is 4.15. The number of carbonyl (C=O) groups excluding carboxylic acids is 1. The van der Waals surface area contributed by atoms with Crippen LogP contribution in [0.3, 0.4) is 0 Å². The first-order valence-electron chi connectivity index (χ1n) is 7.99. The first-order chi connectivity index (χ1) is 9.91. The summed E-state index contributed by atoms with van der Waals surface area (Å²) >= 11 is 0. The topological polar surface area (TPSA) is 55.1 Å². The summed E-state index contributed by atoms with van der Waals surface area (Å²) in [7, 11) is 0. The summed E-state index contributed by atoms with van der Waals surface area (Å²) in [5.74, 6) is 1.59. The van der Waals surface area contributed by atoms with Gasteiger partial charge >= 0.3 is 0 Å². The molecule has 0 radical (unpaired) electrons. The zero-order valence-corrected chi connectivity index (χ0v) is 13.8. The Hall–Kier alpha value is -1.35. The molecule has 0 unspecified atom stereocenters. The van der Waals surface area contributed by atoms with E-state index in [4.69, 9.17) is 5.73 Å². The van der Waals surface area contributed by atoms with Gasteiger partial charge in [0.05, 0.1) is 6.04 Å². The lowest BCUT2D eigenvalue weighted by Crippen LogP contribution is -2.44. The van der Waals surface area contributed by atoms with Crippen LogP contribution in [0.4, 0.5) is 0 Å². The molecule has 21 heavy (non-hydrogen) atoms. The molecular formula is C18H30N2O. The fourth-order valence-electron chi connectivity index (χ4n) is 2.69. The summed E-state index contributed by atoms with van der Waals surface area (Å²) in [4.78, 5) is 12.1. The Balaban J connectivity index is 2.37. The number of aryl methyl sites for hydroxylation is 1. The molecule has 0 aliphatic heterocycles. The second kappa shape index (κ2) is 8.83. The molecule has 3 nitrogen and oxygen atoms in total. The predicted molar refractivity (Wildman–Crippen MR) is 88.9 cm³/mol. The number of nitrogens with two attached hydrogens (primary N) is 1. The van der Waals surface area contributed by atoms with Crippen LogP contribution in [-0.2, 0) is 11.2 Å². The van der Waals surface area contributed by atoms with Crippen molar-refractivity contribution in [2.24, 2.45) is 23.5 Å². The van der Waals surface area contributed by atoms with Crippen LogP contribution in [0.15, 0.2) is 30.3 Å². The van der Waals surface area contributed by atoms with E-state index < -0.39 is 6.04 Å². The van der Waals surface area contributed by atoms with Crippen molar-refractivity contribution < 1.29 is 4.79 Å². The summed E-state index contributed by atoms with van der Waals surface area (Å²) in [5.41, 5.74) is 7.22. The Morgan fingerprint density at radius 1 is 1.10 bits per heavy atom. The highest BCUT2D eigenvalue weighted by Gasteiger charge is 2.20. The van der Waals surface area contributed by atoms with Crippen LogP contribution >= 0.6 is 0 Å². The molecule has 1 aromatic carbocycles. The van der Waals surface area contributed by atoms with Crippen LogP contribution in [0, 0.1) is 17.8 Å². The maximum absolute atomic E-state index is 12.1. The number of hydrogen-bond donors (Lipinski definition) is 2. The van der Waals surface area contributed by atoms with E-state index in [1.165, 1.54) is 5.56 Å². The first-order valence-corrected chi connectivity index (χ1v) is 7.99. The van der Waals surface area contributed by atoms with Crippen LogP contribution < -0.4 is 11.1 Å². The Morgan fingerprint density at radius 3 is 2.19 bits per heavy atom. The zero-order valence-electron chi connectivity index (χ0n) is 13.8. The van der Waals surface area contributed by atoms with Gasteiger partial charge in [-0.3, -0.25) is 4.79 Å². The Bertz CT molecular complexity index is 406. The summed E-state index contributed by atoms with van der Waals surface area (Å²) in [5, 5.41) is 3.02. The highest BCUT2D eigenvalue weighted by Crippen LogP contribution is 2.19. The van der Waals surface area contributed by atoms with Gasteiger partial charge in [-0.05, 0) is 36.2 Å². The van der Waals surface area contributed by atoms with E-state index in [1.807, 2.05) is 18.2 Å². The lowest BCUT2D eigenvalue weighted by atomic mass is 9.85. The lowest BCUT2D eigenvalue weighted by molar-refractivity contribution is -0.122. The minimum Gasteiger partial charge on any atom is -0.354 e. The van der Waals surface area contributed by atoms with Gasteiger partial charge in [-0.25, -0.2) is 0 Å². The van der Waals surface area contributed by atoms with Crippen molar-refractivity contribution in [2.75, 3.05) is 6.54 Å². The molecule has 1 atom stereocenters. The van der Waals surface area contributed by atoms with Gasteiger partial charge in [-0.1, -0.05) is 58.0 Å². The maximum Gasteiger partial charge on any atom is 0.236 e. The van der Waals surface area contributed by atoms with Gasteiger partial charge in [0, 0.05) is 6.54 Å². The smallest absolute Gasteiger partial charge is 0.236 e. The van der Waals surface area contributed by atoms with E-state index in [2.05, 4.69) is 45.1 Å². The number of rotatable bonds is 8. The van der Waals surface area contributed by atoms with Gasteiger partial charge < -0.3 is 11.1 Å². The molecule has 3 heteroatoms. The second-order valence-corrected chi connectivity index (χ2v) is 6.53. The van der Waals surface area contributed by atoms with Gasteiger partial charge in [0.2, 0.25) is 5.91 Å². The predicted octanol–water partition coefficient (Wildman–Crippen LogP) is 2.99. The average molecular weight is 290 g/mol. The van der Waals surface area contributed by atoms with E-state index >= 15 is 0 Å². The van der Waals surface area contributed by atoms with Gasteiger partial charge in [0.15, 0.2) is 0 Å². The van der Waals surface area contributed by atoms with E-state index in [0.29, 0.717) is 30.7 Å². The highest BCUT2D eigenvalue weighted by atomic mass is 16.2. The van der Waals surface area contributed by atoms with Crippen LogP contribution in [-0.4, -0.2) is 18.5 Å². The van der Waals surface area contributed by atoms with Crippen LogP contribution in [0.2, 0.25) is 0 Å². The van der Waals surface area contributed by atoms with Crippen LogP contribution in [0.5, 0.6) is 0 Å². The molecule has 0 fully saturated rings. The molecule has 118 valence electrons. The number of amides is 1. The highest BCUT2D eigenvalue weighted by molar-refractivity contribution is 5.81. The van der Waals surface area contributed by atoms with Crippen molar-refractivity contribution in [3.63, 3.8) is 0 Å². The summed E-state index contributed by atoms with van der Waals surface area (Å²) in [6.07, 6.45) is 1.52. The number of benzene rings is 1.